The largest absolute Gasteiger partial charge is 0.264 e. The van der Waals surface area contributed by atoms with Gasteiger partial charge in [0.25, 0.3) is 0 Å². The molecule has 0 amide bonds. The van der Waals surface area contributed by atoms with E-state index in [1.54, 1.807) is 0 Å². The van der Waals surface area contributed by atoms with E-state index in [1.807, 2.05) is 19.1 Å². The average molecular weight is 173 g/mol. The van der Waals surface area contributed by atoms with E-state index in [-0.39, 0.29) is 0 Å². The topological polar surface area (TPSA) is 12.4 Å². The number of rotatable bonds is 3. The summed E-state index contributed by atoms with van der Waals surface area (Å²) in [6.45, 7) is 7.74. The molecule has 1 heteroatoms. The van der Waals surface area contributed by atoms with Gasteiger partial charge >= 0.3 is 0 Å². The smallest absolute Gasteiger partial charge is 0.0723 e. The van der Waals surface area contributed by atoms with Crippen LogP contribution in [0.2, 0.25) is 0 Å². The molecule has 0 fully saturated rings. The van der Waals surface area contributed by atoms with Gasteiger partial charge in [-0.25, -0.2) is 0 Å². The normalized spacial score (nSPS) is 10.6. The van der Waals surface area contributed by atoms with Crippen LogP contribution in [0.3, 0.4) is 0 Å². The lowest BCUT2D eigenvalue weighted by molar-refractivity contribution is 1.23. The molecule has 0 aliphatic heterocycles. The van der Waals surface area contributed by atoms with Gasteiger partial charge in [-0.1, -0.05) is 37.3 Å². The van der Waals surface area contributed by atoms with E-state index in [9.17, 15) is 0 Å². The summed E-state index contributed by atoms with van der Waals surface area (Å²) < 4.78 is 0. The number of nitrogens with zero attached hydrogens (tertiary/aromatic N) is 1. The molecule has 0 heterocycles. The summed E-state index contributed by atoms with van der Waals surface area (Å²) in [7, 11) is 0. The van der Waals surface area contributed by atoms with Gasteiger partial charge < -0.3 is 0 Å². The minimum atomic E-state index is 0.993. The van der Waals surface area contributed by atoms with E-state index in [0.29, 0.717) is 0 Å². The van der Waals surface area contributed by atoms with Crippen LogP contribution in [0, 0.1) is 6.92 Å². The Morgan fingerprint density at radius 2 is 2.23 bits per heavy atom. The van der Waals surface area contributed by atoms with E-state index >= 15 is 0 Å². The molecule has 1 nitrogen and oxygen atoms in total. The molecular weight excluding hydrogens is 158 g/mol. The molecule has 0 atom stereocenters. The number of hydrogen-bond acceptors (Lipinski definition) is 1. The number of hydrogen-bond donors (Lipinski definition) is 0. The maximum Gasteiger partial charge on any atom is 0.0723 e. The standard InChI is InChI=1S/C12H15N/c1-4-5-8-11-9-6-7-10(2)12(11)13-3/h5-9H,3-4H2,1-2H3/b8-5-. The van der Waals surface area contributed by atoms with E-state index in [2.05, 4.69) is 36.9 Å². The highest BCUT2D eigenvalue weighted by molar-refractivity contribution is 5.68. The van der Waals surface area contributed by atoms with Gasteiger partial charge in [0.15, 0.2) is 0 Å². The maximum absolute atomic E-state index is 4.02. The molecule has 0 spiro atoms. The molecule has 0 aliphatic carbocycles. The fourth-order valence-corrected chi connectivity index (χ4v) is 1.28. The first kappa shape index (κ1) is 9.72. The predicted molar refractivity (Wildman–Crippen MR) is 59.7 cm³/mol. The van der Waals surface area contributed by atoms with Crippen molar-refractivity contribution >= 4 is 18.5 Å². The lowest BCUT2D eigenvalue weighted by Crippen LogP contribution is -1.78. The van der Waals surface area contributed by atoms with Gasteiger partial charge in [0.05, 0.1) is 5.69 Å². The Kier molecular flexibility index (Phi) is 3.44. The summed E-state index contributed by atoms with van der Waals surface area (Å²) in [6, 6.07) is 6.15. The van der Waals surface area contributed by atoms with Crippen LogP contribution >= 0.6 is 0 Å². The van der Waals surface area contributed by atoms with Crippen LogP contribution in [0.1, 0.15) is 24.5 Å². The van der Waals surface area contributed by atoms with E-state index in [0.717, 1.165) is 17.7 Å². The number of allylic oxidation sites excluding steroid dienone is 1. The van der Waals surface area contributed by atoms with E-state index < -0.39 is 0 Å². The van der Waals surface area contributed by atoms with Crippen molar-refractivity contribution in [3.63, 3.8) is 0 Å². The summed E-state index contributed by atoms with van der Waals surface area (Å²) in [5, 5.41) is 0. The Morgan fingerprint density at radius 1 is 1.46 bits per heavy atom. The van der Waals surface area contributed by atoms with Crippen molar-refractivity contribution in [1.82, 2.24) is 0 Å². The second-order valence-corrected chi connectivity index (χ2v) is 2.98. The van der Waals surface area contributed by atoms with Crippen LogP contribution in [0.5, 0.6) is 0 Å². The van der Waals surface area contributed by atoms with Crippen molar-refractivity contribution in [2.24, 2.45) is 4.99 Å². The molecule has 0 aliphatic rings. The highest BCUT2D eigenvalue weighted by atomic mass is 14.7. The van der Waals surface area contributed by atoms with Crippen molar-refractivity contribution < 1.29 is 0 Å². The molecule has 0 aromatic heterocycles. The Hall–Kier alpha value is -1.37. The highest BCUT2D eigenvalue weighted by Crippen LogP contribution is 2.24. The molecular formula is C12H15N. The molecule has 0 saturated carbocycles. The summed E-state index contributed by atoms with van der Waals surface area (Å²) >= 11 is 0. The Balaban J connectivity index is 3.12. The number of aliphatic imine (C=N–C) groups is 1. The van der Waals surface area contributed by atoms with Gasteiger partial charge in [-0.3, -0.25) is 4.99 Å². The van der Waals surface area contributed by atoms with Crippen molar-refractivity contribution in [2.45, 2.75) is 20.3 Å². The molecule has 0 N–H and O–H groups in total. The van der Waals surface area contributed by atoms with E-state index in [4.69, 9.17) is 0 Å². The first-order valence-electron chi connectivity index (χ1n) is 4.52. The first-order chi connectivity index (χ1) is 6.29. The Labute approximate surface area is 79.8 Å². The van der Waals surface area contributed by atoms with Gasteiger partial charge in [0.1, 0.15) is 0 Å². The van der Waals surface area contributed by atoms with Crippen molar-refractivity contribution in [1.29, 1.82) is 0 Å². The van der Waals surface area contributed by atoms with Crippen LogP contribution in [0.25, 0.3) is 6.08 Å². The number of para-hydroxylation sites is 1. The second kappa shape index (κ2) is 4.61. The molecule has 13 heavy (non-hydrogen) atoms. The Morgan fingerprint density at radius 3 is 2.85 bits per heavy atom. The molecule has 1 rings (SSSR count). The minimum Gasteiger partial charge on any atom is -0.264 e. The number of benzene rings is 1. The van der Waals surface area contributed by atoms with Crippen molar-refractivity contribution in [3.8, 4) is 0 Å². The third-order valence-electron chi connectivity index (χ3n) is 1.96. The SMILES string of the molecule is C=Nc1c(C)cccc1/C=C\CC. The molecule has 0 radical (unpaired) electrons. The van der Waals surface area contributed by atoms with Gasteiger partial charge in [-0.15, -0.1) is 0 Å². The third kappa shape index (κ3) is 2.28. The second-order valence-electron chi connectivity index (χ2n) is 2.98. The van der Waals surface area contributed by atoms with Gasteiger partial charge in [0.2, 0.25) is 0 Å². The van der Waals surface area contributed by atoms with Gasteiger partial charge in [0, 0.05) is 5.56 Å². The Bertz CT molecular complexity index is 324. The molecule has 0 bridgehead atoms. The molecule has 1 aromatic carbocycles. The van der Waals surface area contributed by atoms with Gasteiger partial charge in [-0.05, 0) is 25.6 Å². The van der Waals surface area contributed by atoms with Gasteiger partial charge in [-0.2, -0.15) is 0 Å². The summed E-state index contributed by atoms with van der Waals surface area (Å²) in [5.41, 5.74) is 3.32. The van der Waals surface area contributed by atoms with Crippen LogP contribution in [-0.2, 0) is 0 Å². The first-order valence-corrected chi connectivity index (χ1v) is 4.52. The zero-order valence-electron chi connectivity index (χ0n) is 8.25. The van der Waals surface area contributed by atoms with E-state index in [1.165, 1.54) is 5.56 Å². The molecule has 0 saturated heterocycles. The lowest BCUT2D eigenvalue weighted by Gasteiger charge is -2.03. The summed E-state index contributed by atoms with van der Waals surface area (Å²) in [4.78, 5) is 4.02. The molecule has 0 unspecified atom stereocenters. The molecule has 68 valence electrons. The fourth-order valence-electron chi connectivity index (χ4n) is 1.28. The quantitative estimate of drug-likeness (QED) is 0.617. The lowest BCUT2D eigenvalue weighted by atomic mass is 10.1. The third-order valence-corrected chi connectivity index (χ3v) is 1.96. The minimum absolute atomic E-state index is 0.993. The van der Waals surface area contributed by atoms with Crippen LogP contribution in [0.4, 0.5) is 5.69 Å². The van der Waals surface area contributed by atoms with Crippen molar-refractivity contribution in [3.05, 3.63) is 35.4 Å². The van der Waals surface area contributed by atoms with Crippen LogP contribution in [0.15, 0.2) is 29.3 Å². The fraction of sp³-hybridized carbons (Fsp3) is 0.250. The van der Waals surface area contributed by atoms with Crippen LogP contribution < -0.4 is 0 Å². The summed E-state index contributed by atoms with van der Waals surface area (Å²) in [5.74, 6) is 0. The molecule has 1 aromatic rings. The maximum atomic E-state index is 4.02. The number of aryl methyl sites for hydroxylation is 1. The monoisotopic (exact) mass is 173 g/mol. The predicted octanol–water partition coefficient (Wildman–Crippen LogP) is 3.75. The summed E-state index contributed by atoms with van der Waals surface area (Å²) in [6.07, 6.45) is 5.27. The zero-order valence-corrected chi connectivity index (χ0v) is 8.25. The van der Waals surface area contributed by atoms with Crippen LogP contribution in [-0.4, -0.2) is 6.72 Å². The zero-order chi connectivity index (χ0) is 9.68. The average Bonchev–Trinajstić information content (AvgIpc) is 2.15. The highest BCUT2D eigenvalue weighted by Gasteiger charge is 1.98. The van der Waals surface area contributed by atoms with Crippen molar-refractivity contribution in [2.75, 3.05) is 0 Å².